The largest absolute Gasteiger partial charge is 0.465 e. The molecule has 30 heavy (non-hydrogen) atoms. The average Bonchev–Trinajstić information content (AvgIpc) is 3.08. The molecule has 9 nitrogen and oxygen atoms in total. The van der Waals surface area contributed by atoms with Crippen molar-refractivity contribution in [3.63, 3.8) is 0 Å². The van der Waals surface area contributed by atoms with Crippen molar-refractivity contribution in [2.24, 2.45) is 0 Å². The Morgan fingerprint density at radius 1 is 1.43 bits per heavy atom. The summed E-state index contributed by atoms with van der Waals surface area (Å²) in [5.74, 6) is -0.522. The summed E-state index contributed by atoms with van der Waals surface area (Å²) >= 11 is 0. The van der Waals surface area contributed by atoms with Gasteiger partial charge in [0.25, 0.3) is 5.91 Å². The molecule has 1 aliphatic rings. The van der Waals surface area contributed by atoms with E-state index in [4.69, 9.17) is 9.84 Å². The number of hydrogen-bond donors (Lipinski definition) is 4. The number of carbonyl (C=O) groups is 2. The number of H-pyrrole nitrogens is 1. The van der Waals surface area contributed by atoms with Crippen molar-refractivity contribution in [2.75, 3.05) is 30.4 Å². The van der Waals surface area contributed by atoms with Crippen LogP contribution in [0.25, 0.3) is 11.0 Å². The summed E-state index contributed by atoms with van der Waals surface area (Å²) in [6.45, 7) is 1.87. The first-order chi connectivity index (χ1) is 14.1. The number of hydrogen-bond acceptors (Lipinski definition) is 5. The molecule has 0 unspecified atom stereocenters. The number of amides is 2. The molecule has 0 spiro atoms. The maximum atomic E-state index is 13.8. The van der Waals surface area contributed by atoms with Gasteiger partial charge in [0.15, 0.2) is 0 Å². The van der Waals surface area contributed by atoms with Gasteiger partial charge >= 0.3 is 12.3 Å². The van der Waals surface area contributed by atoms with E-state index in [1.807, 2.05) is 0 Å². The highest BCUT2D eigenvalue weighted by atomic mass is 19.4. The molecule has 0 radical (unpaired) electrons. The van der Waals surface area contributed by atoms with Gasteiger partial charge in [-0.1, -0.05) is 0 Å². The summed E-state index contributed by atoms with van der Waals surface area (Å²) in [6.07, 6.45) is -3.61. The van der Waals surface area contributed by atoms with Gasteiger partial charge in [-0.2, -0.15) is 13.2 Å². The van der Waals surface area contributed by atoms with Crippen LogP contribution >= 0.6 is 0 Å². The van der Waals surface area contributed by atoms with Crippen molar-refractivity contribution in [3.05, 3.63) is 18.0 Å². The Kier molecular flexibility index (Phi) is 6.06. The molecule has 0 aliphatic carbocycles. The van der Waals surface area contributed by atoms with Gasteiger partial charge in [0.1, 0.15) is 11.8 Å². The van der Waals surface area contributed by atoms with E-state index in [0.29, 0.717) is 19.4 Å². The van der Waals surface area contributed by atoms with Gasteiger partial charge in [-0.3, -0.25) is 4.79 Å². The summed E-state index contributed by atoms with van der Waals surface area (Å²) < 4.78 is 46.4. The van der Waals surface area contributed by atoms with Crippen LogP contribution in [0.15, 0.2) is 12.4 Å². The molecule has 12 heteroatoms. The number of nitrogens with one attached hydrogen (secondary N) is 3. The molecule has 1 aliphatic heterocycles. The Morgan fingerprint density at radius 2 is 2.17 bits per heavy atom. The SMILES string of the molecule is CO[C@H](C)C(=O)Nc1c[nH]c2ncc(C(F)(F)F)c(N3CCC[C@@H](NC(=O)O)C3)c12. The number of methoxy groups -OCH3 is 1. The number of rotatable bonds is 5. The van der Waals surface area contributed by atoms with Crippen LogP contribution in [0.5, 0.6) is 0 Å². The maximum absolute atomic E-state index is 13.8. The minimum atomic E-state index is -4.69. The lowest BCUT2D eigenvalue weighted by Gasteiger charge is -2.36. The summed E-state index contributed by atoms with van der Waals surface area (Å²) in [7, 11) is 1.34. The van der Waals surface area contributed by atoms with Crippen LogP contribution in [-0.2, 0) is 15.7 Å². The highest BCUT2D eigenvalue weighted by Gasteiger charge is 2.38. The van der Waals surface area contributed by atoms with Crippen LogP contribution in [0.1, 0.15) is 25.3 Å². The van der Waals surface area contributed by atoms with Crippen molar-refractivity contribution >= 4 is 34.4 Å². The van der Waals surface area contributed by atoms with Gasteiger partial charge in [0.2, 0.25) is 0 Å². The fraction of sp³-hybridized carbons (Fsp3) is 0.500. The zero-order valence-electron chi connectivity index (χ0n) is 16.3. The van der Waals surface area contributed by atoms with Gasteiger partial charge < -0.3 is 30.4 Å². The van der Waals surface area contributed by atoms with Crippen LogP contribution in [0.2, 0.25) is 0 Å². The number of piperidine rings is 1. The first kappa shape index (κ1) is 21.7. The van der Waals surface area contributed by atoms with Crippen molar-refractivity contribution in [1.29, 1.82) is 0 Å². The van der Waals surface area contributed by atoms with Crippen molar-refractivity contribution in [2.45, 2.75) is 38.1 Å². The number of ether oxygens (including phenoxy) is 1. The predicted octanol–water partition coefficient (Wildman–Crippen LogP) is 2.79. The van der Waals surface area contributed by atoms with Crippen LogP contribution < -0.4 is 15.5 Å². The highest BCUT2D eigenvalue weighted by molar-refractivity contribution is 6.08. The molecule has 4 N–H and O–H groups in total. The quantitative estimate of drug-likeness (QED) is 0.580. The summed E-state index contributed by atoms with van der Waals surface area (Å²) in [4.78, 5) is 31.4. The van der Waals surface area contributed by atoms with Gasteiger partial charge in [0, 0.05) is 38.6 Å². The van der Waals surface area contributed by atoms with Crippen molar-refractivity contribution < 1.29 is 32.6 Å². The number of alkyl halides is 3. The number of carbonyl (C=O) groups excluding carboxylic acids is 1. The molecule has 0 aromatic carbocycles. The third-order valence-corrected chi connectivity index (χ3v) is 5.03. The van der Waals surface area contributed by atoms with Gasteiger partial charge in [0.05, 0.1) is 22.3 Å². The Hall–Kier alpha value is -3.02. The molecule has 2 atom stereocenters. The molecular weight excluding hydrogens is 407 g/mol. The predicted molar refractivity (Wildman–Crippen MR) is 103 cm³/mol. The summed E-state index contributed by atoms with van der Waals surface area (Å²) in [5, 5.41) is 14.0. The number of pyridine rings is 1. The first-order valence-corrected chi connectivity index (χ1v) is 9.27. The molecule has 3 rings (SSSR count). The van der Waals surface area contributed by atoms with Crippen molar-refractivity contribution in [1.82, 2.24) is 15.3 Å². The number of fused-ring (bicyclic) bond motifs is 1. The molecule has 2 amide bonds. The summed E-state index contributed by atoms with van der Waals surface area (Å²) in [6, 6.07) is -0.522. The van der Waals surface area contributed by atoms with E-state index in [-0.39, 0.29) is 29.0 Å². The van der Waals surface area contributed by atoms with Crippen LogP contribution in [0.4, 0.5) is 29.3 Å². The Morgan fingerprint density at radius 3 is 2.80 bits per heavy atom. The molecule has 2 aromatic rings. The lowest BCUT2D eigenvalue weighted by molar-refractivity contribution is -0.137. The second kappa shape index (κ2) is 8.38. The fourth-order valence-corrected chi connectivity index (χ4v) is 3.53. The van der Waals surface area contributed by atoms with E-state index < -0.39 is 35.9 Å². The number of nitrogens with zero attached hydrogens (tertiary/aromatic N) is 2. The third-order valence-electron chi connectivity index (χ3n) is 5.03. The number of carboxylic acid groups (broad SMARTS) is 1. The second-order valence-corrected chi connectivity index (χ2v) is 7.05. The minimum Gasteiger partial charge on any atom is -0.465 e. The topological polar surface area (TPSA) is 120 Å². The van der Waals surface area contributed by atoms with E-state index in [1.165, 1.54) is 25.1 Å². The molecular formula is C18H22F3N5O4. The molecule has 1 fully saturated rings. The zero-order valence-corrected chi connectivity index (χ0v) is 16.3. The second-order valence-electron chi connectivity index (χ2n) is 7.05. The van der Waals surface area contributed by atoms with Gasteiger partial charge in [-0.15, -0.1) is 0 Å². The normalized spacial score (nSPS) is 18.3. The first-order valence-electron chi connectivity index (χ1n) is 9.27. The molecule has 3 heterocycles. The van der Waals surface area contributed by atoms with Crippen molar-refractivity contribution in [3.8, 4) is 0 Å². The number of anilines is 2. The fourth-order valence-electron chi connectivity index (χ4n) is 3.53. The van der Waals surface area contributed by atoms with Gasteiger partial charge in [-0.25, -0.2) is 9.78 Å². The molecule has 0 saturated carbocycles. The summed E-state index contributed by atoms with van der Waals surface area (Å²) in [5.41, 5.74) is -0.792. The van der Waals surface area contributed by atoms with Crippen LogP contribution in [-0.4, -0.2) is 59.4 Å². The van der Waals surface area contributed by atoms with Gasteiger partial charge in [-0.05, 0) is 19.8 Å². The Bertz CT molecular complexity index is 946. The monoisotopic (exact) mass is 429 g/mol. The number of aromatic amines is 1. The lowest BCUT2D eigenvalue weighted by atomic mass is 10.0. The molecule has 1 saturated heterocycles. The average molecular weight is 429 g/mol. The molecule has 0 bridgehead atoms. The number of aromatic nitrogens is 2. The number of halogens is 3. The maximum Gasteiger partial charge on any atom is 0.419 e. The van der Waals surface area contributed by atoms with E-state index in [9.17, 15) is 22.8 Å². The smallest absolute Gasteiger partial charge is 0.419 e. The lowest BCUT2D eigenvalue weighted by Crippen LogP contribution is -2.48. The van der Waals surface area contributed by atoms with Crippen LogP contribution in [0, 0.1) is 0 Å². The van der Waals surface area contributed by atoms with Crippen LogP contribution in [0.3, 0.4) is 0 Å². The Labute approximate surface area is 169 Å². The molecule has 164 valence electrons. The third kappa shape index (κ3) is 4.42. The van der Waals surface area contributed by atoms with E-state index in [1.54, 1.807) is 0 Å². The standard InChI is InChI=1S/C18H22F3N5O4/c1-9(30-2)16(27)25-12-7-23-15-13(12)14(11(6-22-15)18(19,20)21)26-5-3-4-10(8-26)24-17(28)29/h6-7,9-10,24H,3-5,8H2,1-2H3,(H,22,23)(H,25,27)(H,28,29)/t9-,10-/m1/s1. The Balaban J connectivity index is 2.10. The minimum absolute atomic E-state index is 0.0571. The zero-order chi connectivity index (χ0) is 22.1. The van der Waals surface area contributed by atoms with E-state index in [2.05, 4.69) is 20.6 Å². The van der Waals surface area contributed by atoms with E-state index in [0.717, 1.165) is 6.20 Å². The highest BCUT2D eigenvalue weighted by Crippen LogP contribution is 2.43. The van der Waals surface area contributed by atoms with E-state index >= 15 is 0 Å². The molecule has 2 aromatic heterocycles.